The fraction of sp³-hybridized carbons (Fsp3) is 0.625. The summed E-state index contributed by atoms with van der Waals surface area (Å²) in [5.74, 6) is 0. The smallest absolute Gasteiger partial charge is 0.0881 e. The lowest BCUT2D eigenvalue weighted by Crippen LogP contribution is -2.18. The van der Waals surface area contributed by atoms with Crippen molar-refractivity contribution in [2.24, 2.45) is 5.41 Å². The second-order valence-corrected chi connectivity index (χ2v) is 7.18. The van der Waals surface area contributed by atoms with Gasteiger partial charge in [-0.05, 0) is 27.5 Å². The summed E-state index contributed by atoms with van der Waals surface area (Å²) >= 11 is 0. The zero-order valence-electron chi connectivity index (χ0n) is 11.9. The Hall–Kier alpha value is -0.820. The Morgan fingerprint density at radius 2 is 1.71 bits per heavy atom. The lowest BCUT2D eigenvalue weighted by molar-refractivity contribution is -0.00805. The van der Waals surface area contributed by atoms with Gasteiger partial charge in [0.1, 0.15) is 0 Å². The van der Waals surface area contributed by atoms with Gasteiger partial charge in [0.15, 0.2) is 0 Å². The van der Waals surface area contributed by atoms with Gasteiger partial charge in [-0.1, -0.05) is 59.7 Å². The Kier molecular flexibility index (Phi) is 2.86. The molecule has 2 rings (SSSR count). The molecule has 1 atom stereocenters. The first-order chi connectivity index (χ1) is 7.71. The van der Waals surface area contributed by atoms with Gasteiger partial charge >= 0.3 is 0 Å². The van der Waals surface area contributed by atoms with Gasteiger partial charge in [0.25, 0.3) is 0 Å². The minimum absolute atomic E-state index is 0.168. The number of fused-ring (bicyclic) bond motifs is 1. The van der Waals surface area contributed by atoms with E-state index in [1.165, 1.54) is 16.7 Å². The van der Waals surface area contributed by atoms with Gasteiger partial charge in [-0.15, -0.1) is 0 Å². The van der Waals surface area contributed by atoms with Crippen LogP contribution in [0.2, 0.25) is 0 Å². The summed E-state index contributed by atoms with van der Waals surface area (Å²) in [6.07, 6.45) is 0.236. The highest BCUT2D eigenvalue weighted by molar-refractivity contribution is 5.42. The molecule has 94 valence electrons. The van der Waals surface area contributed by atoms with Crippen molar-refractivity contribution in [3.05, 3.63) is 34.9 Å². The van der Waals surface area contributed by atoms with Crippen LogP contribution in [-0.2, 0) is 16.8 Å². The highest BCUT2D eigenvalue weighted by Gasteiger charge is 2.35. The number of rotatable bonds is 0. The molecule has 0 spiro atoms. The summed E-state index contributed by atoms with van der Waals surface area (Å²) in [4.78, 5) is 0. The molecule has 1 aliphatic rings. The van der Waals surface area contributed by atoms with Crippen LogP contribution in [0.5, 0.6) is 0 Å². The predicted molar refractivity (Wildman–Crippen MR) is 72.1 cm³/mol. The molecule has 0 bridgehead atoms. The van der Waals surface area contributed by atoms with Crippen molar-refractivity contribution in [2.45, 2.75) is 59.7 Å². The summed E-state index contributed by atoms with van der Waals surface area (Å²) < 4.78 is 6.02. The van der Waals surface area contributed by atoms with Crippen LogP contribution in [0.1, 0.15) is 64.3 Å². The minimum Gasteiger partial charge on any atom is -0.368 e. The third-order valence-electron chi connectivity index (χ3n) is 3.48. The van der Waals surface area contributed by atoms with Gasteiger partial charge in [0, 0.05) is 0 Å². The fourth-order valence-electron chi connectivity index (χ4n) is 2.69. The van der Waals surface area contributed by atoms with Crippen molar-refractivity contribution in [3.8, 4) is 0 Å². The van der Waals surface area contributed by atoms with E-state index in [2.05, 4.69) is 59.7 Å². The predicted octanol–water partition coefficient (Wildman–Crippen LogP) is 4.60. The molecule has 0 N–H and O–H groups in total. The Morgan fingerprint density at radius 3 is 2.24 bits per heavy atom. The largest absolute Gasteiger partial charge is 0.368 e. The van der Waals surface area contributed by atoms with E-state index in [4.69, 9.17) is 4.74 Å². The van der Waals surface area contributed by atoms with E-state index >= 15 is 0 Å². The van der Waals surface area contributed by atoms with Gasteiger partial charge in [0.05, 0.1) is 12.7 Å². The fourth-order valence-corrected chi connectivity index (χ4v) is 2.69. The number of ether oxygens (including phenoxy) is 1. The molecule has 0 saturated heterocycles. The first-order valence-electron chi connectivity index (χ1n) is 6.45. The second-order valence-electron chi connectivity index (χ2n) is 7.18. The van der Waals surface area contributed by atoms with Crippen LogP contribution in [0, 0.1) is 5.41 Å². The van der Waals surface area contributed by atoms with Crippen molar-refractivity contribution < 1.29 is 4.74 Å². The number of benzene rings is 1. The minimum atomic E-state index is 0.168. The maximum Gasteiger partial charge on any atom is 0.0881 e. The lowest BCUT2D eigenvalue weighted by Gasteiger charge is -2.27. The molecule has 1 unspecified atom stereocenters. The first-order valence-corrected chi connectivity index (χ1v) is 6.45. The molecule has 1 heteroatoms. The molecule has 0 amide bonds. The number of hydrogen-bond donors (Lipinski definition) is 0. The van der Waals surface area contributed by atoms with E-state index < -0.39 is 0 Å². The highest BCUT2D eigenvalue weighted by Crippen LogP contribution is 2.45. The van der Waals surface area contributed by atoms with E-state index in [0.29, 0.717) is 0 Å². The van der Waals surface area contributed by atoms with E-state index in [9.17, 15) is 0 Å². The summed E-state index contributed by atoms with van der Waals surface area (Å²) in [6.45, 7) is 14.3. The SMILES string of the molecule is CC(C)(C)c1cccc2c1COC2C(C)(C)C. The van der Waals surface area contributed by atoms with Crippen LogP contribution in [0.3, 0.4) is 0 Å². The molecule has 0 radical (unpaired) electrons. The van der Waals surface area contributed by atoms with Crippen LogP contribution < -0.4 is 0 Å². The van der Waals surface area contributed by atoms with Gasteiger partial charge in [-0.25, -0.2) is 0 Å². The molecule has 0 aliphatic carbocycles. The molecule has 1 heterocycles. The van der Waals surface area contributed by atoms with E-state index in [0.717, 1.165) is 6.61 Å². The molecule has 0 aromatic heterocycles. The van der Waals surface area contributed by atoms with E-state index in [1.54, 1.807) is 0 Å². The van der Waals surface area contributed by atoms with Crippen LogP contribution in [0.4, 0.5) is 0 Å². The maximum atomic E-state index is 6.02. The Labute approximate surface area is 105 Å². The van der Waals surface area contributed by atoms with Gasteiger partial charge < -0.3 is 4.74 Å². The average Bonchev–Trinajstić information content (AvgIpc) is 2.57. The second kappa shape index (κ2) is 3.84. The molecule has 1 aromatic rings. The summed E-state index contributed by atoms with van der Waals surface area (Å²) in [6, 6.07) is 6.65. The highest BCUT2D eigenvalue weighted by atomic mass is 16.5. The standard InChI is InChI=1S/C16H24O/c1-15(2,3)13-9-7-8-11-12(13)10-17-14(11)16(4,5)6/h7-9,14H,10H2,1-6H3. The Morgan fingerprint density at radius 1 is 1.06 bits per heavy atom. The summed E-state index contributed by atoms with van der Waals surface area (Å²) in [5, 5.41) is 0. The van der Waals surface area contributed by atoms with Crippen molar-refractivity contribution in [1.29, 1.82) is 0 Å². The van der Waals surface area contributed by atoms with Crippen molar-refractivity contribution in [2.75, 3.05) is 0 Å². The van der Waals surface area contributed by atoms with E-state index in [-0.39, 0.29) is 16.9 Å². The van der Waals surface area contributed by atoms with Crippen LogP contribution in [0.15, 0.2) is 18.2 Å². The van der Waals surface area contributed by atoms with Crippen molar-refractivity contribution in [1.82, 2.24) is 0 Å². The molecule has 1 aromatic carbocycles. The Balaban J connectivity index is 2.50. The average molecular weight is 232 g/mol. The third kappa shape index (κ3) is 2.26. The topological polar surface area (TPSA) is 9.23 Å². The number of hydrogen-bond acceptors (Lipinski definition) is 1. The summed E-state index contributed by atoms with van der Waals surface area (Å²) in [7, 11) is 0. The monoisotopic (exact) mass is 232 g/mol. The quantitative estimate of drug-likeness (QED) is 0.635. The van der Waals surface area contributed by atoms with Crippen molar-refractivity contribution in [3.63, 3.8) is 0 Å². The molecular formula is C16H24O. The third-order valence-corrected chi connectivity index (χ3v) is 3.48. The zero-order valence-corrected chi connectivity index (χ0v) is 11.9. The van der Waals surface area contributed by atoms with E-state index in [1.807, 2.05) is 0 Å². The normalized spacial score (nSPS) is 20.5. The van der Waals surface area contributed by atoms with Gasteiger partial charge in [-0.2, -0.15) is 0 Å². The lowest BCUT2D eigenvalue weighted by atomic mass is 9.79. The molecule has 17 heavy (non-hydrogen) atoms. The van der Waals surface area contributed by atoms with Crippen LogP contribution >= 0.6 is 0 Å². The molecule has 0 fully saturated rings. The van der Waals surface area contributed by atoms with Crippen LogP contribution in [0.25, 0.3) is 0 Å². The van der Waals surface area contributed by atoms with Crippen molar-refractivity contribution >= 4 is 0 Å². The zero-order chi connectivity index (χ0) is 12.8. The van der Waals surface area contributed by atoms with Gasteiger partial charge in [-0.3, -0.25) is 0 Å². The van der Waals surface area contributed by atoms with Gasteiger partial charge in [0.2, 0.25) is 0 Å². The van der Waals surface area contributed by atoms with Crippen LogP contribution in [-0.4, -0.2) is 0 Å². The molecule has 1 aliphatic heterocycles. The molecule has 1 nitrogen and oxygen atoms in total. The maximum absolute atomic E-state index is 6.02. The first kappa shape index (κ1) is 12.6. The molecule has 0 saturated carbocycles. The summed E-state index contributed by atoms with van der Waals surface area (Å²) in [5.41, 5.74) is 4.61. The molecular weight excluding hydrogens is 208 g/mol. The Bertz CT molecular complexity index is 418.